The van der Waals surface area contributed by atoms with Gasteiger partial charge >= 0.3 is 0 Å². The largest absolute Gasteiger partial charge is 0.346 e. The average Bonchev–Trinajstić information content (AvgIpc) is 2.79. The van der Waals surface area contributed by atoms with Gasteiger partial charge in [-0.2, -0.15) is 0 Å². The monoisotopic (exact) mass is 474 g/mol. The molecule has 0 saturated carbocycles. The van der Waals surface area contributed by atoms with Crippen molar-refractivity contribution in [3.05, 3.63) is 84.9 Å². The van der Waals surface area contributed by atoms with Gasteiger partial charge in [-0.1, -0.05) is 120 Å². The molecule has 0 unspecified atom stereocenters. The maximum Gasteiger partial charge on any atom is 0.0934 e. The van der Waals surface area contributed by atoms with Gasteiger partial charge in [-0.3, -0.25) is 0 Å². The van der Waals surface area contributed by atoms with E-state index in [0.717, 1.165) is 0 Å². The third kappa shape index (κ3) is 5.62. The van der Waals surface area contributed by atoms with Crippen LogP contribution in [0, 0.1) is 5.92 Å². The molecule has 0 heterocycles. The van der Waals surface area contributed by atoms with Crippen LogP contribution in [-0.4, -0.2) is 16.1 Å². The second-order valence-electron chi connectivity index (χ2n) is 10.0. The van der Waals surface area contributed by atoms with Gasteiger partial charge in [-0.05, 0) is 34.4 Å². The molecule has 4 aromatic carbocycles. The molecule has 33 heavy (non-hydrogen) atoms. The molecule has 0 amide bonds. The Balaban J connectivity index is 1.85. The predicted octanol–water partition coefficient (Wildman–Crippen LogP) is 8.30. The molecule has 0 saturated heterocycles. The summed E-state index contributed by atoms with van der Waals surface area (Å²) in [5.74, 6) is 0.529. The Labute approximate surface area is 204 Å². The number of hydrogen-bond donors (Lipinski definition) is 0. The lowest BCUT2D eigenvalue weighted by Gasteiger charge is -2.35. The van der Waals surface area contributed by atoms with Crippen LogP contribution >= 0.6 is 19.9 Å². The second-order valence-corrected chi connectivity index (χ2v) is 13.8. The summed E-state index contributed by atoms with van der Waals surface area (Å²) >= 11 is 2.04. The minimum absolute atomic E-state index is 0.123. The van der Waals surface area contributed by atoms with E-state index in [1.54, 1.807) is 0 Å². The summed E-state index contributed by atoms with van der Waals surface area (Å²) < 4.78 is 7.34. The van der Waals surface area contributed by atoms with Gasteiger partial charge in [-0.15, -0.1) is 11.8 Å². The van der Waals surface area contributed by atoms with Crippen molar-refractivity contribution >= 4 is 52.1 Å². The molecule has 0 fully saturated rings. The molecule has 2 atom stereocenters. The summed E-state index contributed by atoms with van der Waals surface area (Å²) in [5, 5.41) is 8.13. The summed E-state index contributed by atoms with van der Waals surface area (Å²) in [7, 11) is -1.00. The molecule has 3 heteroatoms. The van der Waals surface area contributed by atoms with Crippen molar-refractivity contribution in [3.8, 4) is 0 Å². The SMILES string of the molecule is CC(C)[C@H](SC(C)(C)C)[C@@H](C)OP(c1cccc2ccccc12)c1cccc2ccccc12. The quantitative estimate of drug-likeness (QED) is 0.249. The van der Waals surface area contributed by atoms with Crippen molar-refractivity contribution in [1.82, 2.24) is 0 Å². The van der Waals surface area contributed by atoms with Crippen LogP contribution in [0.2, 0.25) is 0 Å². The minimum atomic E-state index is -1.00. The van der Waals surface area contributed by atoms with E-state index in [1.165, 1.54) is 32.2 Å². The van der Waals surface area contributed by atoms with Gasteiger partial charge in [0.1, 0.15) is 0 Å². The van der Waals surface area contributed by atoms with Crippen LogP contribution < -0.4 is 10.6 Å². The van der Waals surface area contributed by atoms with Gasteiger partial charge < -0.3 is 4.52 Å². The first-order chi connectivity index (χ1) is 15.7. The zero-order valence-corrected chi connectivity index (χ0v) is 22.3. The fourth-order valence-electron chi connectivity index (χ4n) is 4.42. The molecule has 0 N–H and O–H groups in total. The third-order valence-electron chi connectivity index (χ3n) is 5.85. The Morgan fingerprint density at radius 3 is 1.58 bits per heavy atom. The van der Waals surface area contributed by atoms with Gasteiger partial charge in [0.25, 0.3) is 0 Å². The predicted molar refractivity (Wildman–Crippen MR) is 151 cm³/mol. The minimum Gasteiger partial charge on any atom is -0.346 e. The lowest BCUT2D eigenvalue weighted by Crippen LogP contribution is -2.33. The maximum absolute atomic E-state index is 7.15. The molecule has 0 radical (unpaired) electrons. The Bertz CT molecular complexity index is 1140. The number of fused-ring (bicyclic) bond motifs is 2. The number of rotatable bonds is 7. The van der Waals surface area contributed by atoms with Crippen LogP contribution in [0.15, 0.2) is 84.9 Å². The van der Waals surface area contributed by atoms with Crippen molar-refractivity contribution in [1.29, 1.82) is 0 Å². The number of thioether (sulfide) groups is 1. The van der Waals surface area contributed by atoms with Crippen LogP contribution in [0.4, 0.5) is 0 Å². The molecule has 0 aliphatic carbocycles. The third-order valence-corrected chi connectivity index (χ3v) is 9.96. The molecule has 0 spiro atoms. The Morgan fingerprint density at radius 1 is 0.667 bits per heavy atom. The van der Waals surface area contributed by atoms with Crippen LogP contribution in [0.5, 0.6) is 0 Å². The van der Waals surface area contributed by atoms with Crippen molar-refractivity contribution in [2.45, 2.75) is 57.6 Å². The van der Waals surface area contributed by atoms with E-state index in [2.05, 4.69) is 126 Å². The van der Waals surface area contributed by atoms with E-state index in [-0.39, 0.29) is 10.9 Å². The molecular weight excluding hydrogens is 439 g/mol. The zero-order valence-electron chi connectivity index (χ0n) is 20.6. The zero-order chi connectivity index (χ0) is 23.6. The van der Waals surface area contributed by atoms with Crippen molar-refractivity contribution in [3.63, 3.8) is 0 Å². The summed E-state index contributed by atoms with van der Waals surface area (Å²) in [6, 6.07) is 30.7. The van der Waals surface area contributed by atoms with E-state index in [9.17, 15) is 0 Å². The van der Waals surface area contributed by atoms with Crippen LogP contribution in [-0.2, 0) is 4.52 Å². The highest BCUT2D eigenvalue weighted by atomic mass is 32.2. The van der Waals surface area contributed by atoms with Crippen molar-refractivity contribution in [2.24, 2.45) is 5.92 Å². The summed E-state index contributed by atoms with van der Waals surface area (Å²) in [5.41, 5.74) is 0. The van der Waals surface area contributed by atoms with Crippen LogP contribution in [0.25, 0.3) is 21.5 Å². The molecule has 1 nitrogen and oxygen atoms in total. The molecule has 0 aliphatic heterocycles. The van der Waals surface area contributed by atoms with E-state index >= 15 is 0 Å². The molecule has 4 rings (SSSR count). The van der Waals surface area contributed by atoms with Crippen LogP contribution in [0.1, 0.15) is 41.5 Å². The lowest BCUT2D eigenvalue weighted by molar-refractivity contribution is 0.228. The lowest BCUT2D eigenvalue weighted by atomic mass is 10.1. The fourth-order valence-corrected chi connectivity index (χ4v) is 8.08. The Morgan fingerprint density at radius 2 is 1.12 bits per heavy atom. The van der Waals surface area contributed by atoms with E-state index in [1.807, 2.05) is 11.8 Å². The molecule has 4 aromatic rings. The number of benzene rings is 4. The van der Waals surface area contributed by atoms with Gasteiger partial charge in [0.2, 0.25) is 0 Å². The molecular formula is C30H35OPS. The van der Waals surface area contributed by atoms with Gasteiger partial charge in [0.15, 0.2) is 0 Å². The summed E-state index contributed by atoms with van der Waals surface area (Å²) in [4.78, 5) is 0. The first kappa shape index (κ1) is 24.3. The number of hydrogen-bond acceptors (Lipinski definition) is 2. The highest BCUT2D eigenvalue weighted by Crippen LogP contribution is 2.44. The summed E-state index contributed by atoms with van der Waals surface area (Å²) in [6.45, 7) is 13.8. The standard InChI is InChI=1S/C30H35OPS/c1-21(2)29(33-30(4,5)6)22(3)31-32(27-19-11-15-23-13-7-9-17-25(23)27)28-20-12-16-24-14-8-10-18-26(24)28/h7-22,29H,1-6H3/t22-,29+/m1/s1. The molecule has 0 aliphatic rings. The van der Waals surface area contributed by atoms with Gasteiger partial charge in [-0.25, -0.2) is 0 Å². The highest BCUT2D eigenvalue weighted by Gasteiger charge is 2.31. The van der Waals surface area contributed by atoms with Gasteiger partial charge in [0, 0.05) is 20.6 Å². The normalized spacial score (nSPS) is 14.3. The highest BCUT2D eigenvalue weighted by molar-refractivity contribution is 8.01. The fraction of sp³-hybridized carbons (Fsp3) is 0.333. The van der Waals surface area contributed by atoms with Crippen molar-refractivity contribution < 1.29 is 4.52 Å². The van der Waals surface area contributed by atoms with E-state index < -0.39 is 8.15 Å². The Kier molecular flexibility index (Phi) is 7.49. The molecule has 0 bridgehead atoms. The second kappa shape index (κ2) is 10.2. The van der Waals surface area contributed by atoms with Crippen LogP contribution in [0.3, 0.4) is 0 Å². The van der Waals surface area contributed by atoms with Crippen molar-refractivity contribution in [2.75, 3.05) is 0 Å². The summed E-state index contributed by atoms with van der Waals surface area (Å²) in [6.07, 6.45) is 0.123. The van der Waals surface area contributed by atoms with E-state index in [4.69, 9.17) is 4.52 Å². The molecule has 0 aromatic heterocycles. The molecule has 172 valence electrons. The van der Waals surface area contributed by atoms with E-state index in [0.29, 0.717) is 11.2 Å². The first-order valence-corrected chi connectivity index (χ1v) is 14.0. The first-order valence-electron chi connectivity index (χ1n) is 11.8. The average molecular weight is 475 g/mol. The Hall–Kier alpha value is -1.86. The smallest absolute Gasteiger partial charge is 0.0934 e. The van der Waals surface area contributed by atoms with Gasteiger partial charge in [0.05, 0.1) is 14.3 Å². The maximum atomic E-state index is 7.15. The topological polar surface area (TPSA) is 9.23 Å².